The van der Waals surface area contributed by atoms with Crippen LogP contribution in [0.1, 0.15) is 101 Å². The summed E-state index contributed by atoms with van der Waals surface area (Å²) in [5.41, 5.74) is 24.6. The number of rotatable bonds is 8. The molecule has 93 heavy (non-hydrogen) atoms. The normalized spacial score (nSPS) is 12.2. The van der Waals surface area contributed by atoms with Crippen molar-refractivity contribution in [3.05, 3.63) is 265 Å². The molecule has 0 saturated carbocycles. The number of nitrogens with zero attached hydrogens (tertiary/aromatic N) is 4. The van der Waals surface area contributed by atoms with Crippen molar-refractivity contribution in [2.45, 2.75) is 79.1 Å². The van der Waals surface area contributed by atoms with Crippen molar-refractivity contribution in [2.24, 2.45) is 0 Å². The fourth-order valence-corrected chi connectivity index (χ4v) is 15.4. The Balaban J connectivity index is 0.00000686. The Morgan fingerprint density at radius 1 is 0.226 bits per heavy atom. The van der Waals surface area contributed by atoms with E-state index in [0.29, 0.717) is 0 Å². The van der Waals surface area contributed by atoms with Crippen LogP contribution in [0.2, 0.25) is 0 Å². The Labute approximate surface area is 556 Å². The van der Waals surface area contributed by atoms with E-state index in [1.807, 2.05) is 0 Å². The molecule has 0 unspecified atom stereocenters. The Kier molecular flexibility index (Phi) is 14.2. The molecule has 5 heteroatoms. The minimum atomic E-state index is 0. The first kappa shape index (κ1) is 58.1. The van der Waals surface area contributed by atoms with Crippen LogP contribution in [0.25, 0.3) is 176 Å². The zero-order chi connectivity index (χ0) is 62.2. The van der Waals surface area contributed by atoms with Crippen LogP contribution in [0.3, 0.4) is 0 Å². The van der Waals surface area contributed by atoms with E-state index in [1.165, 1.54) is 22.3 Å². The van der Waals surface area contributed by atoms with Crippen molar-refractivity contribution < 1.29 is 20.4 Å². The molecule has 1 aliphatic carbocycles. The van der Waals surface area contributed by atoms with Crippen LogP contribution in [0.15, 0.2) is 243 Å². The van der Waals surface area contributed by atoms with Gasteiger partial charge in [-0.15, -0.1) is 22.1 Å². The fourth-order valence-electron chi connectivity index (χ4n) is 15.4. The molecule has 12 aromatic carbocycles. The third-order valence-electron chi connectivity index (χ3n) is 19.8. The summed E-state index contributed by atoms with van der Waals surface area (Å²) < 4.78 is 0. The zero-order valence-electron chi connectivity index (χ0n) is 53.5. The number of hydrogen-bond donors (Lipinski definition) is 0. The monoisotopic (exact) mass is 1290 g/mol. The second kappa shape index (κ2) is 22.7. The Morgan fingerprint density at radius 3 is 0.613 bits per heavy atom. The van der Waals surface area contributed by atoms with Crippen molar-refractivity contribution in [1.82, 2.24) is 19.9 Å². The van der Waals surface area contributed by atoms with Gasteiger partial charge in [0.15, 0.2) is 0 Å². The van der Waals surface area contributed by atoms with Gasteiger partial charge in [-0.3, -0.25) is 0 Å². The summed E-state index contributed by atoms with van der Waals surface area (Å²) in [5.74, 6) is 0.647. The van der Waals surface area contributed by atoms with Gasteiger partial charge in [0, 0.05) is 22.3 Å². The van der Waals surface area contributed by atoms with E-state index in [4.69, 9.17) is 19.9 Å². The standard InChI is InChI=1S/C88H68N4.Pd/c1-49(2)61-33-17-21-37-65(61)77-81-69-41-53-25-9-11-27-55(53)43-71(69)83(89-81)78(66-38-22-18-34-62(66)50(3)4)85-73-45-57-29-13-15-31-59(57)47-75(73)87(91-85)80(68-40-24-20-36-64(68)52(7)8)88-76-48-60-32-16-14-30-58(60)46-74(76)86(92-88)79(67-39-23-19-35-63(67)51(5)6)84-72-44-56-28-12-10-26-54(56)42-70(72)82(77)90-84;/h9-52H,1-8H3;/q-2;+2. The fraction of sp³-hybridized carbons (Fsp3) is 0.136. The van der Waals surface area contributed by atoms with E-state index < -0.39 is 0 Å². The second-order valence-corrected chi connectivity index (χ2v) is 26.7. The molecule has 14 aromatic rings. The number of aromatic nitrogens is 4. The maximum Gasteiger partial charge on any atom is 2.00 e. The molecule has 0 atom stereocenters. The van der Waals surface area contributed by atoms with E-state index >= 15 is 0 Å². The van der Waals surface area contributed by atoms with E-state index in [1.54, 1.807) is 0 Å². The molecule has 0 saturated heterocycles. The second-order valence-electron chi connectivity index (χ2n) is 26.7. The minimum Gasteiger partial charge on any atom is -0.656 e. The SMILES string of the molecule is CC(C)c1ccccc1-c1c2nc(c(-c3ccccc3C(C)C)c3[n-]c(c(-c4ccccc4C(C)C)c4nc(c(-c5ccccc5C(C)C)c5[n-]c1c1cc6ccccc6cc51)-c1cc5ccccc5cc1-4)c1cc4ccccc4cc31)-c1cc3ccccc3cc1-2.[Pd+2]. The maximum absolute atomic E-state index is 6.40. The van der Waals surface area contributed by atoms with Gasteiger partial charge in [0.1, 0.15) is 0 Å². The first-order valence-electron chi connectivity index (χ1n) is 32.8. The molecule has 2 aromatic heterocycles. The summed E-state index contributed by atoms with van der Waals surface area (Å²) in [4.78, 5) is 25.6. The van der Waals surface area contributed by atoms with E-state index in [0.717, 1.165) is 176 Å². The molecule has 0 N–H and O–H groups in total. The Hall–Kier alpha value is -10.0. The molecule has 8 bridgehead atoms. The van der Waals surface area contributed by atoms with E-state index in [9.17, 15) is 0 Å². The number of benzene rings is 12. The van der Waals surface area contributed by atoms with E-state index in [-0.39, 0.29) is 44.1 Å². The smallest absolute Gasteiger partial charge is 0.656 e. The number of hydrogen-bond acceptors (Lipinski definition) is 2. The van der Waals surface area contributed by atoms with Crippen molar-refractivity contribution >= 4 is 86.7 Å². The maximum atomic E-state index is 6.40. The molecule has 0 fully saturated rings. The largest absolute Gasteiger partial charge is 2.00 e. The summed E-state index contributed by atoms with van der Waals surface area (Å²) in [7, 11) is 0. The van der Waals surface area contributed by atoms with E-state index in [2.05, 4.69) is 298 Å². The molecule has 17 rings (SSSR count). The summed E-state index contributed by atoms with van der Waals surface area (Å²) >= 11 is 0. The van der Waals surface area contributed by atoms with Crippen LogP contribution in [0.4, 0.5) is 0 Å². The molecular formula is C88H68N4Pd. The van der Waals surface area contributed by atoms with Crippen LogP contribution in [0.5, 0.6) is 0 Å². The zero-order valence-corrected chi connectivity index (χ0v) is 55.1. The van der Waals surface area contributed by atoms with Gasteiger partial charge >= 0.3 is 20.4 Å². The molecule has 4 nitrogen and oxygen atoms in total. The minimum absolute atomic E-state index is 0. The van der Waals surface area contributed by atoms with Gasteiger partial charge in [0.25, 0.3) is 0 Å². The molecule has 0 amide bonds. The van der Waals surface area contributed by atoms with Gasteiger partial charge in [0.2, 0.25) is 0 Å². The summed E-state index contributed by atoms with van der Waals surface area (Å²) in [6.07, 6.45) is 0. The van der Waals surface area contributed by atoms with Crippen LogP contribution < -0.4 is 9.97 Å². The number of fused-ring (bicyclic) bond motifs is 4. The molecule has 0 radical (unpaired) electrons. The van der Waals surface area contributed by atoms with Crippen molar-refractivity contribution in [3.8, 4) is 89.5 Å². The van der Waals surface area contributed by atoms with Crippen molar-refractivity contribution in [3.63, 3.8) is 0 Å². The summed E-state index contributed by atoms with van der Waals surface area (Å²) in [6.45, 7) is 18.5. The van der Waals surface area contributed by atoms with Crippen molar-refractivity contribution in [1.29, 1.82) is 0 Å². The first-order valence-corrected chi connectivity index (χ1v) is 32.8. The molecule has 3 aliphatic rings. The van der Waals surface area contributed by atoms with Gasteiger partial charge in [-0.2, -0.15) is 0 Å². The summed E-state index contributed by atoms with van der Waals surface area (Å²) in [5, 5.41) is 13.4. The van der Waals surface area contributed by atoms with Gasteiger partial charge in [-0.05, 0) is 204 Å². The van der Waals surface area contributed by atoms with Crippen LogP contribution in [-0.2, 0) is 20.4 Å². The predicted octanol–water partition coefficient (Wildman–Crippen LogP) is 24.3. The quantitative estimate of drug-likeness (QED) is 0.142. The third kappa shape index (κ3) is 9.26. The average molecular weight is 1290 g/mol. The molecule has 2 aliphatic heterocycles. The van der Waals surface area contributed by atoms with Gasteiger partial charge in [0.05, 0.1) is 22.8 Å². The first-order chi connectivity index (χ1) is 44.9. The van der Waals surface area contributed by atoms with Gasteiger partial charge in [-0.1, -0.05) is 250 Å². The predicted molar refractivity (Wildman–Crippen MR) is 391 cm³/mol. The molecule has 4 heterocycles. The van der Waals surface area contributed by atoms with Crippen LogP contribution in [0, 0.1) is 0 Å². The Morgan fingerprint density at radius 2 is 0.409 bits per heavy atom. The van der Waals surface area contributed by atoms with Crippen LogP contribution in [-0.4, -0.2) is 9.97 Å². The topological polar surface area (TPSA) is 54.0 Å². The average Bonchev–Trinajstić information content (AvgIpc) is 1.56. The Bertz CT molecular complexity index is 5090. The van der Waals surface area contributed by atoms with Gasteiger partial charge in [-0.25, -0.2) is 9.97 Å². The van der Waals surface area contributed by atoms with Crippen LogP contribution >= 0.6 is 0 Å². The molecule has 450 valence electrons. The molecular weight excluding hydrogens is 1220 g/mol. The summed E-state index contributed by atoms with van der Waals surface area (Å²) in [6, 6.07) is 90.6. The molecule has 0 spiro atoms. The van der Waals surface area contributed by atoms with Gasteiger partial charge < -0.3 is 9.97 Å². The van der Waals surface area contributed by atoms with Crippen molar-refractivity contribution in [2.75, 3.05) is 0 Å². The third-order valence-corrected chi connectivity index (χ3v) is 19.8.